The number of phenolic OH excluding ortho intramolecular Hbond substituents is 2. The second-order valence-electron chi connectivity index (χ2n) is 1.77. The van der Waals surface area contributed by atoms with Crippen LogP contribution >= 0.6 is 0 Å². The predicted octanol–water partition coefficient (Wildman–Crippen LogP) is -8.35. The van der Waals surface area contributed by atoms with Crippen LogP contribution in [0.3, 0.4) is 0 Å². The summed E-state index contributed by atoms with van der Waals surface area (Å²) in [6.45, 7) is 2.00. The fourth-order valence-electron chi connectivity index (χ4n) is 0.493. The molecule has 17 heavy (non-hydrogen) atoms. The molecule has 7 nitrogen and oxygen atoms in total. The second-order valence-corrected chi connectivity index (χ2v) is 1.77. The first kappa shape index (κ1) is 30.1. The zero-order valence-electron chi connectivity index (χ0n) is 9.54. The third-order valence-electron chi connectivity index (χ3n) is 0.830. The van der Waals surface area contributed by atoms with Crippen LogP contribution in [0.5, 0.6) is 11.5 Å². The van der Waals surface area contributed by atoms with Gasteiger partial charge in [-0.25, -0.2) is 0 Å². The fraction of sp³-hybridized carbons (Fsp3) is 0. The van der Waals surface area contributed by atoms with E-state index in [9.17, 15) is 0 Å². The van der Waals surface area contributed by atoms with Gasteiger partial charge in [-0.3, -0.25) is 0 Å². The first-order valence-electron chi connectivity index (χ1n) is 3.17. The van der Waals surface area contributed by atoms with E-state index >= 15 is 0 Å². The maximum atomic E-state index is 8.65. The summed E-state index contributed by atoms with van der Waals surface area (Å²) in [4.78, 5) is 16.3. The number of carbonyl (C=O) groups is 2. The van der Waals surface area contributed by atoms with Gasteiger partial charge in [0.05, 0.1) is 0 Å². The van der Waals surface area contributed by atoms with Gasteiger partial charge in [0.1, 0.15) is 18.3 Å². The Kier molecular flexibility index (Phi) is 37.3. The number of benzene rings is 1. The Labute approximate surface area is 142 Å². The van der Waals surface area contributed by atoms with Gasteiger partial charge in [0, 0.05) is 6.07 Å². The number of carboxylic acid groups (broad SMARTS) is 2. The van der Waals surface area contributed by atoms with Crippen molar-refractivity contribution in [3.05, 3.63) is 24.3 Å². The van der Waals surface area contributed by atoms with Crippen molar-refractivity contribution in [1.82, 2.24) is 0 Å². The van der Waals surface area contributed by atoms with Gasteiger partial charge in [0.15, 0.2) is 0 Å². The van der Waals surface area contributed by atoms with Gasteiger partial charge in [0.2, 0.25) is 0 Å². The topological polar surface area (TPSA) is 152 Å². The van der Waals surface area contributed by atoms with Crippen LogP contribution in [0.2, 0.25) is 0 Å². The minimum Gasteiger partial charge on any atom is -0.652 e. The predicted molar refractivity (Wildman–Crippen MR) is 45.9 cm³/mol. The second kappa shape index (κ2) is 21.1. The van der Waals surface area contributed by atoms with Crippen LogP contribution in [0.15, 0.2) is 24.3 Å². The van der Waals surface area contributed by atoms with E-state index in [0.717, 1.165) is 0 Å². The van der Waals surface area contributed by atoms with E-state index in [4.69, 9.17) is 30.0 Å². The molecule has 0 bridgehead atoms. The number of rotatable bonds is 0. The van der Waals surface area contributed by atoms with Gasteiger partial charge in [-0.05, 0) is 18.3 Å². The third kappa shape index (κ3) is 31.3. The smallest absolute Gasteiger partial charge is 0.652 e. The molecule has 0 amide bonds. The average molecular weight is 264 g/mol. The quantitative estimate of drug-likeness (QED) is 0.444. The summed E-state index contributed by atoms with van der Waals surface area (Å²) >= 11 is 0. The van der Waals surface area contributed by atoms with E-state index in [0.29, 0.717) is 0 Å². The number of hydrogen-bond acceptors (Lipinski definition) is 6. The normalized spacial score (nSPS) is 5.88. The van der Waals surface area contributed by atoms with Crippen molar-refractivity contribution >= 4 is 12.9 Å². The molecule has 1 rings (SSSR count). The molecule has 86 valence electrons. The SMILES string of the molecule is C=O.O.O=C([O-])[O-].Oc1cccc(O)c1.[Na+].[Na+]. The average Bonchev–Trinajstić information content (AvgIpc) is 2.06. The zero-order chi connectivity index (χ0) is 11.6. The summed E-state index contributed by atoms with van der Waals surface area (Å²) in [7, 11) is 0. The van der Waals surface area contributed by atoms with Crippen LogP contribution < -0.4 is 69.3 Å². The van der Waals surface area contributed by atoms with E-state index in [1.54, 1.807) is 6.07 Å². The van der Waals surface area contributed by atoms with Gasteiger partial charge in [-0.2, -0.15) is 0 Å². The number of carbonyl (C=O) groups excluding carboxylic acids is 2. The van der Waals surface area contributed by atoms with Gasteiger partial charge < -0.3 is 35.5 Å². The maximum absolute atomic E-state index is 8.65. The Balaban J connectivity index is -0.0000000475. The molecule has 0 aliphatic heterocycles. The van der Waals surface area contributed by atoms with Gasteiger partial charge in [-0.15, -0.1) is 0 Å². The minimum atomic E-state index is -2.33. The van der Waals surface area contributed by atoms with E-state index in [1.807, 2.05) is 6.79 Å². The molecule has 0 radical (unpaired) electrons. The Morgan fingerprint density at radius 1 is 1.06 bits per heavy atom. The van der Waals surface area contributed by atoms with E-state index in [1.165, 1.54) is 18.2 Å². The largest absolute Gasteiger partial charge is 1.00 e. The maximum Gasteiger partial charge on any atom is 1.00 e. The molecule has 0 aromatic heterocycles. The molecule has 0 aliphatic rings. The van der Waals surface area contributed by atoms with Crippen molar-refractivity contribution in [3.63, 3.8) is 0 Å². The summed E-state index contributed by atoms with van der Waals surface area (Å²) < 4.78 is 0. The summed E-state index contributed by atoms with van der Waals surface area (Å²) in [5, 5.41) is 34.0. The molecule has 4 N–H and O–H groups in total. The summed E-state index contributed by atoms with van der Waals surface area (Å²) in [5.41, 5.74) is 0. The monoisotopic (exact) mass is 264 g/mol. The van der Waals surface area contributed by atoms with Crippen molar-refractivity contribution in [2.24, 2.45) is 0 Å². The molecule has 0 saturated heterocycles. The Morgan fingerprint density at radius 2 is 1.29 bits per heavy atom. The molecule has 0 fully saturated rings. The number of phenols is 2. The molecule has 1 aromatic carbocycles. The zero-order valence-corrected chi connectivity index (χ0v) is 13.5. The van der Waals surface area contributed by atoms with Crippen molar-refractivity contribution in [3.8, 4) is 11.5 Å². The molecule has 1 aromatic rings. The molecule has 0 aliphatic carbocycles. The van der Waals surface area contributed by atoms with E-state index in [-0.39, 0.29) is 76.1 Å². The fourth-order valence-corrected chi connectivity index (χ4v) is 0.493. The van der Waals surface area contributed by atoms with E-state index in [2.05, 4.69) is 0 Å². The first-order valence-corrected chi connectivity index (χ1v) is 3.17. The van der Waals surface area contributed by atoms with Crippen LogP contribution in [-0.2, 0) is 4.79 Å². The number of hydrogen-bond donors (Lipinski definition) is 2. The molecule has 0 spiro atoms. The van der Waals surface area contributed by atoms with Crippen LogP contribution in [0.1, 0.15) is 0 Å². The van der Waals surface area contributed by atoms with Gasteiger partial charge >= 0.3 is 59.1 Å². The van der Waals surface area contributed by atoms with Crippen LogP contribution in [-0.4, -0.2) is 28.6 Å². The molecular weight excluding hydrogens is 254 g/mol. The van der Waals surface area contributed by atoms with Crippen molar-refractivity contribution < 1.29 is 94.6 Å². The minimum absolute atomic E-state index is 0. The van der Waals surface area contributed by atoms with Crippen molar-refractivity contribution in [2.45, 2.75) is 0 Å². The summed E-state index contributed by atoms with van der Waals surface area (Å²) in [5.74, 6) is 0.176. The van der Waals surface area contributed by atoms with Crippen LogP contribution in [0.25, 0.3) is 0 Å². The molecule has 0 atom stereocenters. The summed E-state index contributed by atoms with van der Waals surface area (Å²) in [6.07, 6.45) is -2.33. The van der Waals surface area contributed by atoms with Crippen LogP contribution in [0, 0.1) is 0 Å². The van der Waals surface area contributed by atoms with Gasteiger partial charge in [0.25, 0.3) is 0 Å². The molecular formula is C8H10Na2O7. The molecule has 0 unspecified atom stereocenters. The molecule has 0 saturated carbocycles. The van der Waals surface area contributed by atoms with Crippen molar-refractivity contribution in [2.75, 3.05) is 0 Å². The van der Waals surface area contributed by atoms with Crippen molar-refractivity contribution in [1.29, 1.82) is 0 Å². The van der Waals surface area contributed by atoms with Gasteiger partial charge in [-0.1, -0.05) is 6.07 Å². The van der Waals surface area contributed by atoms with Crippen LogP contribution in [0.4, 0.5) is 4.79 Å². The number of aromatic hydroxyl groups is 2. The third-order valence-corrected chi connectivity index (χ3v) is 0.830. The molecule has 9 heteroatoms. The Bertz CT molecular complexity index is 261. The Hall–Kier alpha value is -0.280. The molecule has 0 heterocycles. The summed E-state index contributed by atoms with van der Waals surface area (Å²) in [6, 6.07) is 5.85. The Morgan fingerprint density at radius 3 is 1.41 bits per heavy atom. The first-order chi connectivity index (χ1) is 6.52. The standard InChI is InChI=1S/C6H6O2.CH2O3.CH2O.2Na.H2O/c7-5-2-1-3-6(8)4-5;2-1(3)4;1-2;;;/h1-4,7-8H;(H2,2,3,4);1H2;;;1H2/q;;;2*+1;/p-2. The van der Waals surface area contributed by atoms with E-state index < -0.39 is 6.16 Å².